The lowest BCUT2D eigenvalue weighted by Gasteiger charge is -2.07. The molecular formula is C9H8F2N2O3. The predicted octanol–water partition coefficient (Wildman–Crippen LogP) is 2.14. The first-order valence-electron chi connectivity index (χ1n) is 4.25. The van der Waals surface area contributed by atoms with Crippen molar-refractivity contribution in [2.24, 2.45) is 0 Å². The number of anilines is 1. The van der Waals surface area contributed by atoms with Gasteiger partial charge in [0.25, 0.3) is 0 Å². The van der Waals surface area contributed by atoms with Gasteiger partial charge < -0.3 is 5.32 Å². The molecular weight excluding hydrogens is 222 g/mol. The average Bonchev–Trinajstić information content (AvgIpc) is 2.13. The Morgan fingerprint density at radius 2 is 2.00 bits per heavy atom. The van der Waals surface area contributed by atoms with Gasteiger partial charge in [-0.05, 0) is 6.92 Å². The van der Waals surface area contributed by atoms with Gasteiger partial charge in [0, 0.05) is 13.0 Å². The van der Waals surface area contributed by atoms with Gasteiger partial charge in [0.1, 0.15) is 5.82 Å². The van der Waals surface area contributed by atoms with Crippen molar-refractivity contribution in [1.82, 2.24) is 0 Å². The first kappa shape index (κ1) is 12.0. The summed E-state index contributed by atoms with van der Waals surface area (Å²) in [6, 6.07) is 0.494. The number of carbonyl (C=O) groups excluding carboxylic acids is 1. The van der Waals surface area contributed by atoms with E-state index in [1.54, 1.807) is 0 Å². The zero-order valence-electron chi connectivity index (χ0n) is 8.51. The van der Waals surface area contributed by atoms with Crippen molar-refractivity contribution in [3.05, 3.63) is 33.4 Å². The molecule has 16 heavy (non-hydrogen) atoms. The van der Waals surface area contributed by atoms with Gasteiger partial charge in [0.2, 0.25) is 5.91 Å². The van der Waals surface area contributed by atoms with E-state index in [2.05, 4.69) is 0 Å². The number of halogens is 2. The van der Waals surface area contributed by atoms with Crippen LogP contribution >= 0.6 is 0 Å². The Labute approximate surface area is 89.2 Å². The topological polar surface area (TPSA) is 72.2 Å². The molecule has 0 heterocycles. The fourth-order valence-corrected chi connectivity index (χ4v) is 1.23. The molecule has 7 heteroatoms. The van der Waals surface area contributed by atoms with Crippen LogP contribution in [0.1, 0.15) is 12.5 Å². The van der Waals surface area contributed by atoms with E-state index in [9.17, 15) is 23.7 Å². The van der Waals surface area contributed by atoms with Crippen molar-refractivity contribution < 1.29 is 18.5 Å². The fraction of sp³-hybridized carbons (Fsp3) is 0.222. The van der Waals surface area contributed by atoms with Crippen molar-refractivity contribution >= 4 is 17.3 Å². The van der Waals surface area contributed by atoms with Crippen LogP contribution in [-0.4, -0.2) is 10.8 Å². The van der Waals surface area contributed by atoms with Crippen LogP contribution < -0.4 is 5.32 Å². The smallest absolute Gasteiger partial charge is 0.301 e. The quantitative estimate of drug-likeness (QED) is 0.624. The molecule has 0 aliphatic rings. The highest BCUT2D eigenvalue weighted by atomic mass is 19.1. The van der Waals surface area contributed by atoms with Crippen LogP contribution in [0, 0.1) is 28.7 Å². The second-order valence-electron chi connectivity index (χ2n) is 3.13. The molecule has 0 saturated carbocycles. The summed E-state index contributed by atoms with van der Waals surface area (Å²) in [6.07, 6.45) is 0. The third-order valence-corrected chi connectivity index (χ3v) is 1.93. The maximum atomic E-state index is 13.3. The largest absolute Gasteiger partial charge is 0.318 e. The van der Waals surface area contributed by atoms with Crippen LogP contribution in [0.2, 0.25) is 0 Å². The highest BCUT2D eigenvalue weighted by Gasteiger charge is 2.25. The highest BCUT2D eigenvalue weighted by molar-refractivity contribution is 5.92. The summed E-state index contributed by atoms with van der Waals surface area (Å²) in [5.74, 6) is -2.88. The molecule has 1 aromatic rings. The van der Waals surface area contributed by atoms with Crippen molar-refractivity contribution in [2.45, 2.75) is 13.8 Å². The standard InChI is InChI=1S/C9H8F2N2O3/c1-4-6(10)3-7(11)8(12-5(2)14)9(4)13(15)16/h3H,1-2H3,(H,12,14). The summed E-state index contributed by atoms with van der Waals surface area (Å²) < 4.78 is 26.3. The lowest BCUT2D eigenvalue weighted by atomic mass is 10.1. The molecule has 0 spiro atoms. The third-order valence-electron chi connectivity index (χ3n) is 1.93. The van der Waals surface area contributed by atoms with Gasteiger partial charge in [-0.2, -0.15) is 0 Å². The molecule has 0 fully saturated rings. The van der Waals surface area contributed by atoms with Crippen molar-refractivity contribution in [3.63, 3.8) is 0 Å². The highest BCUT2D eigenvalue weighted by Crippen LogP contribution is 2.32. The molecule has 0 aromatic heterocycles. The molecule has 0 bridgehead atoms. The van der Waals surface area contributed by atoms with Gasteiger partial charge in [-0.3, -0.25) is 14.9 Å². The molecule has 0 saturated heterocycles. The molecule has 0 radical (unpaired) electrons. The first-order chi connectivity index (χ1) is 7.34. The molecule has 86 valence electrons. The van der Waals surface area contributed by atoms with Gasteiger partial charge >= 0.3 is 5.69 Å². The molecule has 5 nitrogen and oxygen atoms in total. The Balaban J connectivity index is 3.50. The van der Waals surface area contributed by atoms with Crippen molar-refractivity contribution in [3.8, 4) is 0 Å². The number of hydrogen-bond acceptors (Lipinski definition) is 3. The zero-order valence-corrected chi connectivity index (χ0v) is 8.51. The number of hydrogen-bond donors (Lipinski definition) is 1. The van der Waals surface area contributed by atoms with E-state index in [-0.39, 0.29) is 5.56 Å². The van der Waals surface area contributed by atoms with Crippen molar-refractivity contribution in [2.75, 3.05) is 5.32 Å². The average molecular weight is 230 g/mol. The monoisotopic (exact) mass is 230 g/mol. The maximum Gasteiger partial charge on any atom is 0.301 e. The molecule has 0 aliphatic carbocycles. The molecule has 1 aromatic carbocycles. The normalized spacial score (nSPS) is 10.0. The fourth-order valence-electron chi connectivity index (χ4n) is 1.23. The summed E-state index contributed by atoms with van der Waals surface area (Å²) in [5, 5.41) is 12.6. The number of nitrogens with one attached hydrogen (secondary N) is 1. The summed E-state index contributed by atoms with van der Waals surface area (Å²) in [5.41, 5.74) is -1.71. The second-order valence-corrected chi connectivity index (χ2v) is 3.13. The first-order valence-corrected chi connectivity index (χ1v) is 4.25. The molecule has 0 unspecified atom stereocenters. The molecule has 1 amide bonds. The van der Waals surface area contributed by atoms with Gasteiger partial charge in [-0.15, -0.1) is 0 Å². The van der Waals surface area contributed by atoms with E-state index in [0.717, 1.165) is 13.8 Å². The van der Waals surface area contributed by atoms with E-state index in [1.165, 1.54) is 0 Å². The van der Waals surface area contributed by atoms with Gasteiger partial charge in [-0.1, -0.05) is 0 Å². The summed E-state index contributed by atoms with van der Waals surface area (Å²) in [6.45, 7) is 2.21. The molecule has 1 rings (SSSR count). The Bertz CT molecular complexity index is 474. The zero-order chi connectivity index (χ0) is 12.5. The Hall–Kier alpha value is -2.05. The van der Waals surface area contributed by atoms with E-state index in [1.807, 2.05) is 5.32 Å². The van der Waals surface area contributed by atoms with Crippen LogP contribution in [0.3, 0.4) is 0 Å². The minimum Gasteiger partial charge on any atom is -0.318 e. The second kappa shape index (κ2) is 4.21. The number of benzene rings is 1. The lowest BCUT2D eigenvalue weighted by molar-refractivity contribution is -0.384. The Morgan fingerprint density at radius 3 is 2.44 bits per heavy atom. The van der Waals surface area contributed by atoms with Gasteiger partial charge in [0.05, 0.1) is 10.5 Å². The predicted molar refractivity (Wildman–Crippen MR) is 52.1 cm³/mol. The third kappa shape index (κ3) is 2.13. The van der Waals surface area contributed by atoms with Crippen LogP contribution in [-0.2, 0) is 4.79 Å². The lowest BCUT2D eigenvalue weighted by Crippen LogP contribution is -2.11. The summed E-state index contributed by atoms with van der Waals surface area (Å²) in [7, 11) is 0. The van der Waals surface area contributed by atoms with Crippen LogP contribution in [0.4, 0.5) is 20.2 Å². The van der Waals surface area contributed by atoms with E-state index in [0.29, 0.717) is 6.07 Å². The minimum atomic E-state index is -1.18. The number of carbonyl (C=O) groups is 1. The van der Waals surface area contributed by atoms with Gasteiger partial charge in [0.15, 0.2) is 11.5 Å². The summed E-state index contributed by atoms with van der Waals surface area (Å²) in [4.78, 5) is 20.5. The SMILES string of the molecule is CC(=O)Nc1c(F)cc(F)c(C)c1[N+](=O)[O-]. The number of nitro groups is 1. The Morgan fingerprint density at radius 1 is 1.44 bits per heavy atom. The number of nitro benzene ring substituents is 1. The molecule has 0 aliphatic heterocycles. The van der Waals surface area contributed by atoms with Crippen LogP contribution in [0.15, 0.2) is 6.07 Å². The number of nitrogens with zero attached hydrogens (tertiary/aromatic N) is 1. The van der Waals surface area contributed by atoms with E-state index in [4.69, 9.17) is 0 Å². The van der Waals surface area contributed by atoms with E-state index < -0.39 is 33.8 Å². The van der Waals surface area contributed by atoms with Crippen molar-refractivity contribution in [1.29, 1.82) is 0 Å². The molecule has 0 atom stereocenters. The maximum absolute atomic E-state index is 13.3. The van der Waals surface area contributed by atoms with Crippen LogP contribution in [0.5, 0.6) is 0 Å². The minimum absolute atomic E-state index is 0.324. The van der Waals surface area contributed by atoms with E-state index >= 15 is 0 Å². The Kier molecular flexibility index (Phi) is 3.17. The summed E-state index contributed by atoms with van der Waals surface area (Å²) >= 11 is 0. The van der Waals surface area contributed by atoms with Gasteiger partial charge in [-0.25, -0.2) is 8.78 Å². The number of rotatable bonds is 2. The molecule has 1 N–H and O–H groups in total. The number of amides is 1. The van der Waals surface area contributed by atoms with Crippen LogP contribution in [0.25, 0.3) is 0 Å².